The van der Waals surface area contributed by atoms with E-state index >= 15 is 0 Å². The van der Waals surface area contributed by atoms with Gasteiger partial charge in [0.1, 0.15) is 9.86 Å². The molecule has 4 rings (SSSR count). The number of benzene rings is 1. The third-order valence-electron chi connectivity index (χ3n) is 6.10. The molecule has 1 amide bonds. The highest BCUT2D eigenvalue weighted by Crippen LogP contribution is 2.43. The Balaban J connectivity index is 1.52. The van der Waals surface area contributed by atoms with Gasteiger partial charge in [0.05, 0.1) is 18.0 Å². The maximum Gasteiger partial charge on any atom is 0.230 e. The zero-order valence-corrected chi connectivity index (χ0v) is 22.8. The highest BCUT2D eigenvalue weighted by atomic mass is 32.2. The van der Waals surface area contributed by atoms with Gasteiger partial charge in [-0.05, 0) is 44.2 Å². The minimum atomic E-state index is -0.164. The topological polar surface area (TPSA) is 64.1 Å². The zero-order chi connectivity index (χ0) is 24.1. The van der Waals surface area contributed by atoms with Gasteiger partial charge in [0, 0.05) is 28.5 Å². The molecule has 2 atom stereocenters. The summed E-state index contributed by atoms with van der Waals surface area (Å²) in [5.74, 6) is 1.36. The summed E-state index contributed by atoms with van der Waals surface area (Å²) in [5, 5.41) is 5.99. The van der Waals surface area contributed by atoms with Crippen LogP contribution in [0, 0.1) is 0 Å². The van der Waals surface area contributed by atoms with Crippen molar-refractivity contribution in [3.05, 3.63) is 46.3 Å². The van der Waals surface area contributed by atoms with Crippen molar-refractivity contribution in [3.63, 3.8) is 0 Å². The van der Waals surface area contributed by atoms with E-state index in [1.165, 1.54) is 27.8 Å². The molecule has 0 fully saturated rings. The van der Waals surface area contributed by atoms with Gasteiger partial charge in [-0.3, -0.25) is 4.79 Å². The fourth-order valence-electron chi connectivity index (χ4n) is 4.08. The summed E-state index contributed by atoms with van der Waals surface area (Å²) in [6, 6.07) is 10.3. The highest BCUT2D eigenvalue weighted by Gasteiger charge is 2.33. The minimum Gasteiger partial charge on any atom is -0.369 e. The summed E-state index contributed by atoms with van der Waals surface area (Å²) in [4.78, 5) is 24.8. The van der Waals surface area contributed by atoms with E-state index < -0.39 is 0 Å². The average molecular weight is 516 g/mol. The Morgan fingerprint density at radius 3 is 2.76 bits per heavy atom. The first kappa shape index (κ1) is 25.5. The van der Waals surface area contributed by atoms with E-state index in [9.17, 15) is 4.79 Å². The Bertz CT molecular complexity index is 1140. The van der Waals surface area contributed by atoms with E-state index in [1.54, 1.807) is 23.1 Å². The van der Waals surface area contributed by atoms with Crippen molar-refractivity contribution in [2.45, 2.75) is 81.8 Å². The van der Waals surface area contributed by atoms with Crippen molar-refractivity contribution in [1.82, 2.24) is 15.3 Å². The number of thioether (sulfide) groups is 2. The molecular formula is C26H33N3O2S3. The molecule has 0 saturated heterocycles. The van der Waals surface area contributed by atoms with Crippen LogP contribution >= 0.6 is 34.9 Å². The third-order valence-corrected chi connectivity index (χ3v) is 9.23. The molecule has 182 valence electrons. The molecular weight excluding hydrogens is 483 g/mol. The molecule has 3 heterocycles. The van der Waals surface area contributed by atoms with Crippen LogP contribution < -0.4 is 5.32 Å². The first-order valence-electron chi connectivity index (χ1n) is 12.0. The number of thiophene rings is 1. The molecule has 0 unspecified atom stereocenters. The minimum absolute atomic E-state index is 0.0359. The predicted octanol–water partition coefficient (Wildman–Crippen LogP) is 6.27. The Hall–Kier alpha value is -1.61. The van der Waals surface area contributed by atoms with Crippen LogP contribution in [0.25, 0.3) is 10.2 Å². The first-order valence-corrected chi connectivity index (χ1v) is 14.7. The number of amides is 1. The van der Waals surface area contributed by atoms with Crippen LogP contribution in [0.2, 0.25) is 0 Å². The lowest BCUT2D eigenvalue weighted by atomic mass is 9.90. The number of rotatable bonds is 10. The molecule has 0 spiro atoms. The molecule has 8 heteroatoms. The number of carbonyl (C=O) groups is 1. The molecule has 1 aliphatic heterocycles. The van der Waals surface area contributed by atoms with Gasteiger partial charge in [-0.25, -0.2) is 9.97 Å². The second-order valence-electron chi connectivity index (χ2n) is 9.06. The summed E-state index contributed by atoms with van der Waals surface area (Å²) in [6.07, 6.45) is 3.71. The third kappa shape index (κ3) is 6.14. The predicted molar refractivity (Wildman–Crippen MR) is 144 cm³/mol. The van der Waals surface area contributed by atoms with E-state index in [0.717, 1.165) is 51.8 Å². The van der Waals surface area contributed by atoms with E-state index in [-0.39, 0.29) is 17.6 Å². The number of hydrogen-bond acceptors (Lipinski definition) is 7. The largest absolute Gasteiger partial charge is 0.369 e. The summed E-state index contributed by atoms with van der Waals surface area (Å²) in [7, 11) is 0. The van der Waals surface area contributed by atoms with Gasteiger partial charge >= 0.3 is 0 Å². The smallest absolute Gasteiger partial charge is 0.230 e. The lowest BCUT2D eigenvalue weighted by Crippen LogP contribution is -2.35. The van der Waals surface area contributed by atoms with Crippen molar-refractivity contribution >= 4 is 51.0 Å². The highest BCUT2D eigenvalue weighted by molar-refractivity contribution is 8.00. The Kier molecular flexibility index (Phi) is 8.56. The van der Waals surface area contributed by atoms with Crippen LogP contribution in [0.5, 0.6) is 0 Å². The van der Waals surface area contributed by atoms with Crippen LogP contribution in [0.15, 0.2) is 40.5 Å². The van der Waals surface area contributed by atoms with Crippen molar-refractivity contribution in [1.29, 1.82) is 0 Å². The Morgan fingerprint density at radius 2 is 2.03 bits per heavy atom. The van der Waals surface area contributed by atoms with Gasteiger partial charge in [0.25, 0.3) is 0 Å². The number of nitrogens with zero attached hydrogens (tertiary/aromatic N) is 2. The summed E-state index contributed by atoms with van der Waals surface area (Å²) in [5.41, 5.74) is 2.37. The standard InChI is InChI=1S/C26H33N3O2S3/c1-5-12-32-25-28-23(33-16-21(30)27-17(3)13-18-10-8-7-9-11-18)22-19-14-26(4,6-2)31-15-20(19)34-24(22)29-25/h7-11,17H,5-6,12-16H2,1-4H3,(H,27,30)/t17-,26+/m0/s1. The van der Waals surface area contributed by atoms with Crippen LogP contribution in [0.4, 0.5) is 0 Å². The molecule has 3 aromatic rings. The Labute approximate surface area is 214 Å². The average Bonchev–Trinajstić information content (AvgIpc) is 3.19. The first-order chi connectivity index (χ1) is 16.4. The number of nitrogens with one attached hydrogen (secondary N) is 1. The quantitative estimate of drug-likeness (QED) is 0.195. The van der Waals surface area contributed by atoms with Gasteiger partial charge in [-0.2, -0.15) is 0 Å². The molecule has 34 heavy (non-hydrogen) atoms. The van der Waals surface area contributed by atoms with Crippen LogP contribution in [0.3, 0.4) is 0 Å². The van der Waals surface area contributed by atoms with E-state index in [4.69, 9.17) is 14.7 Å². The number of aromatic nitrogens is 2. The summed E-state index contributed by atoms with van der Waals surface area (Å²) >= 11 is 4.93. The molecule has 1 aromatic carbocycles. The number of carbonyl (C=O) groups excluding carboxylic acids is 1. The molecule has 0 bridgehead atoms. The maximum atomic E-state index is 12.8. The van der Waals surface area contributed by atoms with Gasteiger partial charge in [0.15, 0.2) is 5.16 Å². The van der Waals surface area contributed by atoms with Crippen molar-refractivity contribution < 1.29 is 9.53 Å². The van der Waals surface area contributed by atoms with Gasteiger partial charge in [-0.15, -0.1) is 11.3 Å². The normalized spacial score (nSPS) is 18.6. The van der Waals surface area contributed by atoms with Gasteiger partial charge in [0.2, 0.25) is 5.91 Å². The number of ether oxygens (including phenoxy) is 1. The molecule has 2 aromatic heterocycles. The zero-order valence-electron chi connectivity index (χ0n) is 20.3. The molecule has 1 N–H and O–H groups in total. The molecule has 5 nitrogen and oxygen atoms in total. The maximum absolute atomic E-state index is 12.8. The fraction of sp³-hybridized carbons (Fsp3) is 0.500. The fourth-order valence-corrected chi connectivity index (χ4v) is 6.93. The van der Waals surface area contributed by atoms with E-state index in [2.05, 4.69) is 45.1 Å². The number of fused-ring (bicyclic) bond motifs is 3. The van der Waals surface area contributed by atoms with Crippen LogP contribution in [-0.4, -0.2) is 39.0 Å². The number of hydrogen-bond donors (Lipinski definition) is 1. The monoisotopic (exact) mass is 515 g/mol. The van der Waals surface area contributed by atoms with Crippen molar-refractivity contribution in [3.8, 4) is 0 Å². The summed E-state index contributed by atoms with van der Waals surface area (Å²) < 4.78 is 6.18. The second-order valence-corrected chi connectivity index (χ2v) is 12.2. The lowest BCUT2D eigenvalue weighted by molar-refractivity contribution is -0.119. The van der Waals surface area contributed by atoms with Crippen LogP contribution in [-0.2, 0) is 29.0 Å². The molecule has 0 aliphatic carbocycles. The SMILES string of the molecule is CCCSc1nc(SCC(=O)N[C@@H](C)Cc2ccccc2)c2c3c(sc2n1)CO[C@](C)(CC)C3. The molecule has 0 saturated carbocycles. The van der Waals surface area contributed by atoms with Gasteiger partial charge in [-0.1, -0.05) is 67.7 Å². The lowest BCUT2D eigenvalue weighted by Gasteiger charge is -2.33. The summed E-state index contributed by atoms with van der Waals surface area (Å²) in [6.45, 7) is 9.19. The molecule has 0 radical (unpaired) electrons. The van der Waals surface area contributed by atoms with Crippen molar-refractivity contribution in [2.24, 2.45) is 0 Å². The van der Waals surface area contributed by atoms with E-state index in [1.807, 2.05) is 18.2 Å². The second kappa shape index (κ2) is 11.4. The van der Waals surface area contributed by atoms with Crippen molar-refractivity contribution in [2.75, 3.05) is 11.5 Å². The van der Waals surface area contributed by atoms with Gasteiger partial charge < -0.3 is 10.1 Å². The van der Waals surface area contributed by atoms with Crippen LogP contribution in [0.1, 0.15) is 56.5 Å². The molecule has 1 aliphatic rings. The van der Waals surface area contributed by atoms with E-state index in [0.29, 0.717) is 12.4 Å². The Morgan fingerprint density at radius 1 is 1.24 bits per heavy atom.